The standard InChI is InChI=1S/C9H14O2/c1-9(2,3)7-6-4-5-10-8(6)11-7/h4-8H,1-3H3. The van der Waals surface area contributed by atoms with E-state index in [1.165, 1.54) is 0 Å². The van der Waals surface area contributed by atoms with Gasteiger partial charge in [-0.05, 0) is 11.5 Å². The fourth-order valence-corrected chi connectivity index (χ4v) is 1.69. The number of ether oxygens (including phenoxy) is 2. The summed E-state index contributed by atoms with van der Waals surface area (Å²) in [6, 6.07) is 0. The maximum Gasteiger partial charge on any atom is 0.208 e. The number of hydrogen-bond acceptors (Lipinski definition) is 2. The van der Waals surface area contributed by atoms with E-state index < -0.39 is 0 Å². The molecule has 0 spiro atoms. The van der Waals surface area contributed by atoms with Crippen molar-refractivity contribution in [1.82, 2.24) is 0 Å². The molecule has 62 valence electrons. The lowest BCUT2D eigenvalue weighted by Crippen LogP contribution is -2.52. The van der Waals surface area contributed by atoms with E-state index in [0.29, 0.717) is 12.0 Å². The molecular formula is C9H14O2. The third-order valence-electron chi connectivity index (χ3n) is 2.31. The summed E-state index contributed by atoms with van der Waals surface area (Å²) in [5.74, 6) is 0.495. The van der Waals surface area contributed by atoms with Gasteiger partial charge in [0, 0.05) is 0 Å². The van der Waals surface area contributed by atoms with Crippen molar-refractivity contribution in [1.29, 1.82) is 0 Å². The highest BCUT2D eigenvalue weighted by Gasteiger charge is 2.50. The van der Waals surface area contributed by atoms with Crippen LogP contribution in [-0.2, 0) is 9.47 Å². The molecule has 0 N–H and O–H groups in total. The van der Waals surface area contributed by atoms with Crippen molar-refractivity contribution >= 4 is 0 Å². The third-order valence-corrected chi connectivity index (χ3v) is 2.31. The van der Waals surface area contributed by atoms with Crippen LogP contribution in [0.1, 0.15) is 20.8 Å². The second-order valence-corrected chi connectivity index (χ2v) is 4.33. The van der Waals surface area contributed by atoms with Crippen LogP contribution in [-0.4, -0.2) is 12.4 Å². The Hall–Kier alpha value is -0.500. The maximum atomic E-state index is 5.54. The van der Waals surface area contributed by atoms with Gasteiger partial charge in [0.1, 0.15) is 0 Å². The average molecular weight is 154 g/mol. The van der Waals surface area contributed by atoms with Crippen molar-refractivity contribution in [3.63, 3.8) is 0 Å². The van der Waals surface area contributed by atoms with Gasteiger partial charge >= 0.3 is 0 Å². The molecule has 2 nitrogen and oxygen atoms in total. The van der Waals surface area contributed by atoms with Gasteiger partial charge in [0.15, 0.2) is 0 Å². The minimum atomic E-state index is 0.0271. The second kappa shape index (κ2) is 2.01. The predicted octanol–water partition coefficient (Wildman–Crippen LogP) is 1.92. The molecule has 0 saturated carbocycles. The topological polar surface area (TPSA) is 18.5 Å². The fourth-order valence-electron chi connectivity index (χ4n) is 1.69. The Kier molecular flexibility index (Phi) is 1.31. The molecule has 0 aromatic carbocycles. The van der Waals surface area contributed by atoms with E-state index in [-0.39, 0.29) is 11.7 Å². The van der Waals surface area contributed by atoms with Gasteiger partial charge in [0.25, 0.3) is 0 Å². The Labute approximate surface area is 67.2 Å². The summed E-state index contributed by atoms with van der Waals surface area (Å²) in [7, 11) is 0. The van der Waals surface area contributed by atoms with Crippen LogP contribution in [0.25, 0.3) is 0 Å². The van der Waals surface area contributed by atoms with Crippen molar-refractivity contribution in [2.45, 2.75) is 33.2 Å². The summed E-state index contributed by atoms with van der Waals surface area (Å²) in [6.07, 6.45) is 4.22. The molecule has 1 fully saturated rings. The lowest BCUT2D eigenvalue weighted by Gasteiger charge is -2.45. The van der Waals surface area contributed by atoms with E-state index in [9.17, 15) is 0 Å². The molecule has 2 aliphatic rings. The Morgan fingerprint density at radius 2 is 2.00 bits per heavy atom. The summed E-state index contributed by atoms with van der Waals surface area (Å²) in [4.78, 5) is 0. The van der Waals surface area contributed by atoms with Gasteiger partial charge in [-0.25, -0.2) is 0 Å². The minimum absolute atomic E-state index is 0.0271. The molecule has 2 heteroatoms. The molecule has 2 heterocycles. The van der Waals surface area contributed by atoms with Gasteiger partial charge < -0.3 is 9.47 Å². The largest absolute Gasteiger partial charge is 0.472 e. The van der Waals surface area contributed by atoms with Crippen LogP contribution in [0, 0.1) is 11.3 Å². The van der Waals surface area contributed by atoms with Crippen LogP contribution in [0.15, 0.2) is 12.3 Å². The van der Waals surface area contributed by atoms with Gasteiger partial charge in [-0.2, -0.15) is 0 Å². The Morgan fingerprint density at radius 3 is 2.55 bits per heavy atom. The van der Waals surface area contributed by atoms with Crippen LogP contribution in [0.5, 0.6) is 0 Å². The molecule has 1 saturated heterocycles. The molecule has 0 aromatic heterocycles. The quantitative estimate of drug-likeness (QED) is 0.530. The first-order valence-corrected chi connectivity index (χ1v) is 4.06. The highest BCUT2D eigenvalue weighted by molar-refractivity contribution is 5.05. The molecule has 0 aliphatic carbocycles. The summed E-state index contributed by atoms with van der Waals surface area (Å²) in [5, 5.41) is 0. The first-order chi connectivity index (χ1) is 5.09. The molecule has 0 amide bonds. The molecule has 3 unspecified atom stereocenters. The Bertz CT molecular complexity index is 190. The SMILES string of the molecule is CC(C)(C)C1OC2OC=CC21. The first-order valence-electron chi connectivity index (χ1n) is 4.06. The van der Waals surface area contributed by atoms with E-state index in [4.69, 9.17) is 9.47 Å². The summed E-state index contributed by atoms with van der Waals surface area (Å²) < 4.78 is 10.7. The van der Waals surface area contributed by atoms with Gasteiger partial charge in [-0.1, -0.05) is 20.8 Å². The van der Waals surface area contributed by atoms with Gasteiger partial charge in [0.05, 0.1) is 18.3 Å². The maximum absolute atomic E-state index is 5.54. The molecular weight excluding hydrogens is 140 g/mol. The lowest BCUT2D eigenvalue weighted by atomic mass is 9.78. The third kappa shape index (κ3) is 0.968. The van der Waals surface area contributed by atoms with E-state index in [1.807, 2.05) is 0 Å². The monoisotopic (exact) mass is 154 g/mol. The zero-order valence-electron chi connectivity index (χ0n) is 7.20. The average Bonchev–Trinajstić information content (AvgIpc) is 2.08. The first kappa shape index (κ1) is 7.17. The van der Waals surface area contributed by atoms with Crippen molar-refractivity contribution in [2.24, 2.45) is 11.3 Å². The normalized spacial score (nSPS) is 41.2. The van der Waals surface area contributed by atoms with Crippen molar-refractivity contribution < 1.29 is 9.47 Å². The van der Waals surface area contributed by atoms with Crippen molar-refractivity contribution in [3.8, 4) is 0 Å². The van der Waals surface area contributed by atoms with Crippen LogP contribution < -0.4 is 0 Å². The second-order valence-electron chi connectivity index (χ2n) is 4.33. The number of rotatable bonds is 0. The van der Waals surface area contributed by atoms with Crippen LogP contribution in [0.3, 0.4) is 0 Å². The predicted molar refractivity (Wildman–Crippen MR) is 41.8 cm³/mol. The zero-order chi connectivity index (χ0) is 8.06. The molecule has 0 aromatic rings. The zero-order valence-corrected chi connectivity index (χ0v) is 7.20. The Balaban J connectivity index is 2.05. The number of fused-ring (bicyclic) bond motifs is 1. The molecule has 0 radical (unpaired) electrons. The van der Waals surface area contributed by atoms with Gasteiger partial charge in [-0.3, -0.25) is 0 Å². The van der Waals surface area contributed by atoms with Crippen LogP contribution in [0.4, 0.5) is 0 Å². The van der Waals surface area contributed by atoms with Crippen LogP contribution in [0.2, 0.25) is 0 Å². The lowest BCUT2D eigenvalue weighted by molar-refractivity contribution is -0.282. The summed E-state index contributed by atoms with van der Waals surface area (Å²) in [5.41, 5.74) is 0.235. The van der Waals surface area contributed by atoms with E-state index in [2.05, 4.69) is 26.8 Å². The molecule has 3 atom stereocenters. The number of hydrogen-bond donors (Lipinski definition) is 0. The molecule has 11 heavy (non-hydrogen) atoms. The van der Waals surface area contributed by atoms with E-state index in [0.717, 1.165) is 0 Å². The summed E-state index contributed by atoms with van der Waals surface area (Å²) >= 11 is 0. The molecule has 2 aliphatic heterocycles. The smallest absolute Gasteiger partial charge is 0.208 e. The minimum Gasteiger partial charge on any atom is -0.472 e. The summed E-state index contributed by atoms with van der Waals surface area (Å²) in [6.45, 7) is 6.58. The van der Waals surface area contributed by atoms with E-state index in [1.54, 1.807) is 6.26 Å². The molecule has 0 bridgehead atoms. The van der Waals surface area contributed by atoms with Crippen LogP contribution >= 0.6 is 0 Å². The molecule has 2 rings (SSSR count). The highest BCUT2D eigenvalue weighted by Crippen LogP contribution is 2.43. The van der Waals surface area contributed by atoms with E-state index >= 15 is 0 Å². The fraction of sp³-hybridized carbons (Fsp3) is 0.778. The van der Waals surface area contributed by atoms with Gasteiger partial charge in [-0.15, -0.1) is 0 Å². The van der Waals surface area contributed by atoms with Crippen molar-refractivity contribution in [2.75, 3.05) is 0 Å². The van der Waals surface area contributed by atoms with Gasteiger partial charge in [0.2, 0.25) is 6.29 Å². The Morgan fingerprint density at radius 1 is 1.27 bits per heavy atom. The highest BCUT2D eigenvalue weighted by atomic mass is 16.7. The van der Waals surface area contributed by atoms with Crippen molar-refractivity contribution in [3.05, 3.63) is 12.3 Å².